The summed E-state index contributed by atoms with van der Waals surface area (Å²) in [6.07, 6.45) is -0.603. The zero-order valence-corrected chi connectivity index (χ0v) is 23.9. The third kappa shape index (κ3) is 6.82. The molecule has 0 saturated carbocycles. The Hall–Kier alpha value is -3.08. The number of aromatic nitrogens is 2. The smallest absolute Gasteiger partial charge is 0.0556 e. The van der Waals surface area contributed by atoms with E-state index in [1.54, 1.807) is 6.08 Å². The van der Waals surface area contributed by atoms with Gasteiger partial charge in [0.05, 0.1) is 0 Å². The SMILES string of the molecule is Cc1ccc(OC[C@H]2O[C@@H](n3cc(/C=[CH]/[Ge]([CH3])([CH3])[CH3])c(=O)[nH]c3=O)[C@H](O)[C@@H]2Oc2ccc(C)cc2)cc1. The summed E-state index contributed by atoms with van der Waals surface area (Å²) in [6.45, 7) is 4.06. The Kier molecular flexibility index (Phi) is 8.11. The second kappa shape index (κ2) is 11.1. The fraction of sp³-hybridized carbons (Fsp3) is 0.357. The van der Waals surface area contributed by atoms with E-state index >= 15 is 0 Å². The molecule has 0 unspecified atom stereocenters. The Morgan fingerprint density at radius 2 is 1.59 bits per heavy atom. The number of H-pyrrole nitrogens is 1. The van der Waals surface area contributed by atoms with Gasteiger partial charge in [-0.1, -0.05) is 23.3 Å². The van der Waals surface area contributed by atoms with E-state index in [2.05, 4.69) is 27.2 Å². The summed E-state index contributed by atoms with van der Waals surface area (Å²) in [4.78, 5) is 29.6. The predicted molar refractivity (Wildman–Crippen MR) is 146 cm³/mol. The van der Waals surface area contributed by atoms with Gasteiger partial charge in [0.25, 0.3) is 0 Å². The molecule has 2 heterocycles. The van der Waals surface area contributed by atoms with E-state index < -0.39 is 49.1 Å². The average molecular weight is 567 g/mol. The molecule has 2 aromatic carbocycles. The van der Waals surface area contributed by atoms with Crippen LogP contribution in [0.3, 0.4) is 0 Å². The van der Waals surface area contributed by atoms with Gasteiger partial charge in [-0.2, -0.15) is 0 Å². The Morgan fingerprint density at radius 3 is 2.19 bits per heavy atom. The molecule has 3 aromatic rings. The van der Waals surface area contributed by atoms with Crippen molar-refractivity contribution in [2.45, 2.75) is 55.7 Å². The van der Waals surface area contributed by atoms with Crippen LogP contribution in [0.5, 0.6) is 11.5 Å². The van der Waals surface area contributed by atoms with E-state index in [1.807, 2.05) is 62.4 Å². The predicted octanol–water partition coefficient (Wildman–Crippen LogP) is 3.83. The standard InChI is InChI=1S/C28H34GeN2O6/c1-18-6-10-21(11-7-18)35-17-23-25(36-22-12-8-19(2)9-13-22)24(32)27(37-23)31-16-20(14-15-29(3,4)5)26(33)30-28(31)34/h6-16,23-25,27,32H,17H2,1-5H3,(H,30,33,34)/b15-14+/t23-,24-,25-,27-/m1/s1. The van der Waals surface area contributed by atoms with Crippen LogP contribution in [0, 0.1) is 13.8 Å². The quantitative estimate of drug-likeness (QED) is 0.402. The maximum absolute atomic E-state index is 12.8. The van der Waals surface area contributed by atoms with Crippen LogP contribution in [0.4, 0.5) is 0 Å². The van der Waals surface area contributed by atoms with Crippen molar-refractivity contribution < 1.29 is 19.3 Å². The number of rotatable bonds is 8. The molecule has 8 nitrogen and oxygen atoms in total. The van der Waals surface area contributed by atoms with Gasteiger partial charge in [0.15, 0.2) is 0 Å². The molecule has 2 N–H and O–H groups in total. The van der Waals surface area contributed by atoms with Gasteiger partial charge >= 0.3 is 182 Å². The number of nitrogens with zero attached hydrogens (tertiary/aromatic N) is 1. The molecule has 0 amide bonds. The summed E-state index contributed by atoms with van der Waals surface area (Å²) < 4.78 is 19.5. The van der Waals surface area contributed by atoms with Crippen molar-refractivity contribution in [2.75, 3.05) is 6.61 Å². The summed E-state index contributed by atoms with van der Waals surface area (Å²) in [7, 11) is 0. The van der Waals surface area contributed by atoms with Crippen LogP contribution in [0.15, 0.2) is 69.2 Å². The molecule has 1 aliphatic rings. The number of aromatic amines is 1. The van der Waals surface area contributed by atoms with E-state index in [4.69, 9.17) is 14.2 Å². The first-order valence-corrected chi connectivity index (χ1v) is 19.8. The number of aryl methyl sites for hydroxylation is 2. The Balaban J connectivity index is 1.64. The number of aliphatic hydroxyl groups is 1. The minimum absolute atomic E-state index is 0.0929. The zero-order chi connectivity index (χ0) is 26.7. The summed E-state index contributed by atoms with van der Waals surface area (Å²) in [5.74, 6) is 7.79. The van der Waals surface area contributed by atoms with Gasteiger partial charge in [-0.05, 0) is 13.8 Å². The zero-order valence-electron chi connectivity index (χ0n) is 21.8. The molecular formula is C28H34GeN2O6. The van der Waals surface area contributed by atoms with Crippen LogP contribution in [-0.4, -0.2) is 52.8 Å². The molecule has 0 radical (unpaired) electrons. The number of benzene rings is 2. The molecule has 0 aliphatic carbocycles. The molecule has 1 saturated heterocycles. The van der Waals surface area contributed by atoms with Gasteiger partial charge in [0.1, 0.15) is 0 Å². The fourth-order valence-electron chi connectivity index (χ4n) is 3.96. The number of aliphatic hydroxyl groups excluding tert-OH is 1. The minimum Gasteiger partial charge on any atom is -0.0556 e. The third-order valence-electron chi connectivity index (χ3n) is 6.07. The Bertz CT molecular complexity index is 1360. The molecule has 1 aliphatic heterocycles. The molecule has 9 heteroatoms. The van der Waals surface area contributed by atoms with Crippen LogP contribution in [-0.2, 0) is 4.74 Å². The molecule has 1 fully saturated rings. The molecule has 4 rings (SSSR count). The molecule has 0 spiro atoms. The van der Waals surface area contributed by atoms with Gasteiger partial charge in [-0.15, -0.1) is 0 Å². The Morgan fingerprint density at radius 1 is 1.00 bits per heavy atom. The average Bonchev–Trinajstić information content (AvgIpc) is 3.14. The summed E-state index contributed by atoms with van der Waals surface area (Å²) in [6, 6.07) is 15.1. The molecule has 196 valence electrons. The maximum atomic E-state index is 12.8. The van der Waals surface area contributed by atoms with Crippen LogP contribution < -0.4 is 20.7 Å². The molecule has 4 atom stereocenters. The van der Waals surface area contributed by atoms with E-state index in [-0.39, 0.29) is 6.61 Å². The second-order valence-corrected chi connectivity index (χ2v) is 21.2. The van der Waals surface area contributed by atoms with Gasteiger partial charge < -0.3 is 0 Å². The first kappa shape index (κ1) is 27.0. The van der Waals surface area contributed by atoms with Crippen LogP contribution >= 0.6 is 0 Å². The number of ether oxygens (including phenoxy) is 3. The van der Waals surface area contributed by atoms with Crippen molar-refractivity contribution in [1.82, 2.24) is 9.55 Å². The minimum atomic E-state index is -2.09. The van der Waals surface area contributed by atoms with Crippen LogP contribution in [0.25, 0.3) is 6.08 Å². The van der Waals surface area contributed by atoms with Crippen molar-refractivity contribution in [3.8, 4) is 11.5 Å². The van der Waals surface area contributed by atoms with Gasteiger partial charge in [-0.25, -0.2) is 0 Å². The van der Waals surface area contributed by atoms with E-state index in [9.17, 15) is 14.7 Å². The van der Waals surface area contributed by atoms with Crippen molar-refractivity contribution in [3.05, 3.63) is 97.2 Å². The molecule has 1 aromatic heterocycles. The van der Waals surface area contributed by atoms with Gasteiger partial charge in [0, 0.05) is 0 Å². The van der Waals surface area contributed by atoms with E-state index in [0.29, 0.717) is 17.1 Å². The molecule has 37 heavy (non-hydrogen) atoms. The molecular weight excluding hydrogens is 533 g/mol. The van der Waals surface area contributed by atoms with Crippen molar-refractivity contribution in [2.24, 2.45) is 0 Å². The van der Waals surface area contributed by atoms with E-state index in [1.165, 1.54) is 10.8 Å². The second-order valence-electron chi connectivity index (χ2n) is 10.5. The number of hydrogen-bond acceptors (Lipinski definition) is 6. The first-order valence-electron chi connectivity index (χ1n) is 12.3. The topological polar surface area (TPSA) is 103 Å². The molecule has 0 bridgehead atoms. The normalized spacial score (nSPS) is 21.9. The fourth-order valence-corrected chi connectivity index (χ4v) is 5.39. The Labute approximate surface area is 218 Å². The summed E-state index contributed by atoms with van der Waals surface area (Å²) in [5, 5.41) is 11.3. The van der Waals surface area contributed by atoms with Crippen LogP contribution in [0.2, 0.25) is 17.3 Å². The van der Waals surface area contributed by atoms with Gasteiger partial charge in [-0.3, -0.25) is 0 Å². The van der Waals surface area contributed by atoms with Crippen molar-refractivity contribution in [3.63, 3.8) is 0 Å². The van der Waals surface area contributed by atoms with Crippen molar-refractivity contribution in [1.29, 1.82) is 0 Å². The first-order chi connectivity index (χ1) is 17.5. The summed E-state index contributed by atoms with van der Waals surface area (Å²) in [5.41, 5.74) is 1.36. The summed E-state index contributed by atoms with van der Waals surface area (Å²) >= 11 is -2.09. The monoisotopic (exact) mass is 568 g/mol. The van der Waals surface area contributed by atoms with Crippen LogP contribution in [0.1, 0.15) is 22.9 Å². The van der Waals surface area contributed by atoms with Gasteiger partial charge in [0.2, 0.25) is 0 Å². The number of hydrogen-bond donors (Lipinski definition) is 2. The third-order valence-corrected chi connectivity index (χ3v) is 8.52. The number of nitrogens with one attached hydrogen (secondary N) is 1. The van der Waals surface area contributed by atoms with E-state index in [0.717, 1.165) is 11.1 Å². The van der Waals surface area contributed by atoms with Crippen molar-refractivity contribution >= 4 is 19.3 Å².